The van der Waals surface area contributed by atoms with Gasteiger partial charge >= 0.3 is 0 Å². The lowest BCUT2D eigenvalue weighted by atomic mass is 10.1. The standard InChI is InChI=1S/C16H19N3OS/c1-21-16-18-14(12-4-2-3-9-19(12)16)15(20)17-13(10-5-6-10)11-7-8-11/h2-4,9-11,13H,5-8H2,1H3,(H,17,20). The van der Waals surface area contributed by atoms with Crippen molar-refractivity contribution >= 4 is 23.2 Å². The van der Waals surface area contributed by atoms with Crippen LogP contribution in [0.4, 0.5) is 0 Å². The average Bonchev–Trinajstić information content (AvgIpc) is 3.41. The zero-order chi connectivity index (χ0) is 14.4. The summed E-state index contributed by atoms with van der Waals surface area (Å²) < 4.78 is 1.99. The number of hydrogen-bond acceptors (Lipinski definition) is 3. The first kappa shape index (κ1) is 13.2. The third-order valence-corrected chi connectivity index (χ3v) is 5.12. The Labute approximate surface area is 128 Å². The van der Waals surface area contributed by atoms with E-state index in [0.717, 1.165) is 10.7 Å². The minimum absolute atomic E-state index is 0.0113. The smallest absolute Gasteiger partial charge is 0.272 e. The van der Waals surface area contributed by atoms with Gasteiger partial charge in [-0.2, -0.15) is 0 Å². The molecule has 2 aliphatic carbocycles. The SMILES string of the molecule is CSc1nc(C(=O)NC(C2CC2)C2CC2)c2ccccn12. The third kappa shape index (κ3) is 2.44. The maximum absolute atomic E-state index is 12.7. The van der Waals surface area contributed by atoms with Crippen molar-refractivity contribution in [3.8, 4) is 0 Å². The zero-order valence-electron chi connectivity index (χ0n) is 12.1. The molecule has 2 heterocycles. The van der Waals surface area contributed by atoms with E-state index < -0.39 is 0 Å². The lowest BCUT2D eigenvalue weighted by Crippen LogP contribution is -2.38. The van der Waals surface area contributed by atoms with Gasteiger partial charge in [0.05, 0.1) is 5.52 Å². The topological polar surface area (TPSA) is 46.4 Å². The van der Waals surface area contributed by atoms with E-state index in [9.17, 15) is 4.79 Å². The van der Waals surface area contributed by atoms with Crippen LogP contribution in [0.1, 0.15) is 36.2 Å². The van der Waals surface area contributed by atoms with Crippen LogP contribution in [0.25, 0.3) is 5.52 Å². The van der Waals surface area contributed by atoms with Crippen molar-refractivity contribution in [2.45, 2.75) is 36.9 Å². The van der Waals surface area contributed by atoms with E-state index in [4.69, 9.17) is 0 Å². The molecule has 5 heteroatoms. The second-order valence-electron chi connectivity index (χ2n) is 6.08. The van der Waals surface area contributed by atoms with Crippen LogP contribution in [0.2, 0.25) is 0 Å². The van der Waals surface area contributed by atoms with Gasteiger partial charge in [-0.25, -0.2) is 4.98 Å². The molecule has 1 amide bonds. The van der Waals surface area contributed by atoms with E-state index >= 15 is 0 Å². The fourth-order valence-electron chi connectivity index (χ4n) is 3.07. The van der Waals surface area contributed by atoms with Crippen LogP contribution >= 0.6 is 11.8 Å². The van der Waals surface area contributed by atoms with Gasteiger partial charge in [-0.3, -0.25) is 9.20 Å². The predicted molar refractivity (Wildman–Crippen MR) is 83.7 cm³/mol. The number of imidazole rings is 1. The summed E-state index contributed by atoms with van der Waals surface area (Å²) in [6.45, 7) is 0. The highest BCUT2D eigenvalue weighted by Gasteiger charge is 2.42. The van der Waals surface area contributed by atoms with Gasteiger partial charge in [0.15, 0.2) is 10.9 Å². The number of nitrogens with one attached hydrogen (secondary N) is 1. The molecule has 2 saturated carbocycles. The van der Waals surface area contributed by atoms with E-state index in [1.807, 2.05) is 35.1 Å². The van der Waals surface area contributed by atoms with Gasteiger partial charge in [0.25, 0.3) is 5.91 Å². The fourth-order valence-corrected chi connectivity index (χ4v) is 3.61. The second kappa shape index (κ2) is 5.05. The molecule has 0 unspecified atom stereocenters. The highest BCUT2D eigenvalue weighted by Crippen LogP contribution is 2.44. The lowest BCUT2D eigenvalue weighted by Gasteiger charge is -2.16. The van der Waals surface area contributed by atoms with Crippen LogP contribution in [0, 0.1) is 11.8 Å². The van der Waals surface area contributed by atoms with Crippen LogP contribution in [0.15, 0.2) is 29.6 Å². The van der Waals surface area contributed by atoms with Gasteiger partial charge in [0, 0.05) is 12.2 Å². The van der Waals surface area contributed by atoms with Crippen molar-refractivity contribution in [2.24, 2.45) is 11.8 Å². The number of amides is 1. The molecule has 0 aliphatic heterocycles. The van der Waals surface area contributed by atoms with E-state index in [1.165, 1.54) is 25.7 Å². The summed E-state index contributed by atoms with van der Waals surface area (Å²) in [5.74, 6) is 1.40. The number of aromatic nitrogens is 2. The summed E-state index contributed by atoms with van der Waals surface area (Å²) in [5.41, 5.74) is 1.45. The van der Waals surface area contributed by atoms with Gasteiger partial charge in [-0.1, -0.05) is 17.8 Å². The summed E-state index contributed by atoms with van der Waals surface area (Å²) in [7, 11) is 0. The molecule has 110 valence electrons. The molecule has 1 N–H and O–H groups in total. The third-order valence-electron chi connectivity index (χ3n) is 4.47. The molecular formula is C16H19N3OS. The fraction of sp³-hybridized carbons (Fsp3) is 0.500. The monoisotopic (exact) mass is 301 g/mol. The molecule has 0 spiro atoms. The summed E-state index contributed by atoms with van der Waals surface area (Å²) in [5, 5.41) is 4.13. The molecule has 0 bridgehead atoms. The molecule has 0 saturated heterocycles. The molecule has 0 aromatic carbocycles. The Morgan fingerprint density at radius 1 is 1.33 bits per heavy atom. The van der Waals surface area contributed by atoms with Crippen LogP contribution in [-0.4, -0.2) is 27.6 Å². The van der Waals surface area contributed by atoms with E-state index in [2.05, 4.69) is 10.3 Å². The zero-order valence-corrected chi connectivity index (χ0v) is 12.9. The number of thioether (sulfide) groups is 1. The quantitative estimate of drug-likeness (QED) is 0.864. The van der Waals surface area contributed by atoms with Gasteiger partial charge < -0.3 is 5.32 Å². The second-order valence-corrected chi connectivity index (χ2v) is 6.85. The molecular weight excluding hydrogens is 282 g/mol. The number of pyridine rings is 1. The minimum atomic E-state index is -0.0113. The predicted octanol–water partition coefficient (Wildman–Crippen LogP) is 2.97. The minimum Gasteiger partial charge on any atom is -0.347 e. The highest BCUT2D eigenvalue weighted by molar-refractivity contribution is 7.98. The molecule has 0 atom stereocenters. The molecule has 2 fully saturated rings. The molecule has 2 aromatic rings. The Balaban J connectivity index is 1.64. The van der Waals surface area contributed by atoms with Gasteiger partial charge in [0.2, 0.25) is 0 Å². The molecule has 2 aliphatic rings. The van der Waals surface area contributed by atoms with E-state index in [0.29, 0.717) is 23.6 Å². The van der Waals surface area contributed by atoms with Crippen molar-refractivity contribution < 1.29 is 4.79 Å². The summed E-state index contributed by atoms with van der Waals surface area (Å²) in [6.07, 6.45) is 9.01. The maximum atomic E-state index is 12.7. The maximum Gasteiger partial charge on any atom is 0.272 e. The van der Waals surface area contributed by atoms with Crippen LogP contribution in [0.3, 0.4) is 0 Å². The van der Waals surface area contributed by atoms with Crippen molar-refractivity contribution in [3.63, 3.8) is 0 Å². The normalized spacial score (nSPS) is 18.4. The molecule has 2 aromatic heterocycles. The van der Waals surface area contributed by atoms with Crippen molar-refractivity contribution in [2.75, 3.05) is 6.26 Å². The van der Waals surface area contributed by atoms with Gasteiger partial charge in [-0.05, 0) is 55.9 Å². The Bertz CT molecular complexity index is 676. The average molecular weight is 301 g/mol. The summed E-state index contributed by atoms with van der Waals surface area (Å²) >= 11 is 1.56. The first-order chi connectivity index (χ1) is 10.3. The number of carbonyl (C=O) groups excluding carboxylic acids is 1. The number of rotatable bonds is 5. The Hall–Kier alpha value is -1.49. The molecule has 4 nitrogen and oxygen atoms in total. The summed E-state index contributed by atoms with van der Waals surface area (Å²) in [6, 6.07) is 6.26. The van der Waals surface area contributed by atoms with Crippen LogP contribution < -0.4 is 5.32 Å². The number of fused-ring (bicyclic) bond motifs is 1. The van der Waals surface area contributed by atoms with E-state index in [1.54, 1.807) is 11.8 Å². The van der Waals surface area contributed by atoms with Gasteiger partial charge in [-0.15, -0.1) is 0 Å². The van der Waals surface area contributed by atoms with Crippen molar-refractivity contribution in [1.29, 1.82) is 0 Å². The molecule has 21 heavy (non-hydrogen) atoms. The van der Waals surface area contributed by atoms with E-state index in [-0.39, 0.29) is 5.91 Å². The van der Waals surface area contributed by atoms with Crippen LogP contribution in [-0.2, 0) is 0 Å². The Kier molecular flexibility index (Phi) is 3.17. The first-order valence-electron chi connectivity index (χ1n) is 7.60. The van der Waals surface area contributed by atoms with Gasteiger partial charge in [0.1, 0.15) is 0 Å². The Morgan fingerprint density at radius 2 is 2.05 bits per heavy atom. The van der Waals surface area contributed by atoms with Crippen molar-refractivity contribution in [3.05, 3.63) is 30.1 Å². The van der Waals surface area contributed by atoms with Crippen LogP contribution in [0.5, 0.6) is 0 Å². The van der Waals surface area contributed by atoms with Crippen molar-refractivity contribution in [1.82, 2.24) is 14.7 Å². The highest BCUT2D eigenvalue weighted by atomic mass is 32.2. The summed E-state index contributed by atoms with van der Waals surface area (Å²) in [4.78, 5) is 17.2. The largest absolute Gasteiger partial charge is 0.347 e. The molecule has 0 radical (unpaired) electrons. The number of nitrogens with zero attached hydrogens (tertiary/aromatic N) is 2. The Morgan fingerprint density at radius 3 is 2.67 bits per heavy atom. The number of carbonyl (C=O) groups is 1. The molecule has 4 rings (SSSR count). The number of hydrogen-bond donors (Lipinski definition) is 1. The lowest BCUT2D eigenvalue weighted by molar-refractivity contribution is 0.0923. The first-order valence-corrected chi connectivity index (χ1v) is 8.82.